The van der Waals surface area contributed by atoms with Crippen molar-refractivity contribution >= 4 is 46.0 Å². The molecule has 4 rings (SSSR count). The molecule has 6 nitrogen and oxygen atoms in total. The summed E-state index contributed by atoms with van der Waals surface area (Å²) in [6.45, 7) is 0.660. The highest BCUT2D eigenvalue weighted by molar-refractivity contribution is 6.35. The normalized spacial score (nSPS) is 15.3. The van der Waals surface area contributed by atoms with Crippen LogP contribution in [0.2, 0.25) is 10.0 Å². The monoisotopic (exact) mass is 391 g/mol. The molecule has 1 saturated carbocycles. The molecule has 1 aliphatic carbocycles. The van der Waals surface area contributed by atoms with Crippen molar-refractivity contribution in [1.29, 1.82) is 0 Å². The zero-order valence-corrected chi connectivity index (χ0v) is 15.6. The Labute approximate surface area is 161 Å². The number of ether oxygens (including phenoxy) is 1. The van der Waals surface area contributed by atoms with E-state index in [1.165, 1.54) is 32.1 Å². The maximum absolute atomic E-state index is 6.05. The molecule has 136 valence electrons. The lowest BCUT2D eigenvalue weighted by molar-refractivity contribution is 0.205. The van der Waals surface area contributed by atoms with Crippen LogP contribution in [-0.2, 0) is 0 Å². The lowest BCUT2D eigenvalue weighted by Gasteiger charge is -2.21. The van der Waals surface area contributed by atoms with Gasteiger partial charge in [0.2, 0.25) is 11.8 Å². The number of aromatic amines is 1. The molecule has 26 heavy (non-hydrogen) atoms. The molecule has 0 atom stereocenters. The van der Waals surface area contributed by atoms with E-state index in [9.17, 15) is 0 Å². The van der Waals surface area contributed by atoms with Crippen LogP contribution in [-0.4, -0.2) is 26.5 Å². The highest BCUT2D eigenvalue weighted by Crippen LogP contribution is 2.28. The van der Waals surface area contributed by atoms with Gasteiger partial charge < -0.3 is 15.0 Å². The van der Waals surface area contributed by atoms with Gasteiger partial charge in [-0.15, -0.1) is 0 Å². The lowest BCUT2D eigenvalue weighted by atomic mass is 9.90. The summed E-state index contributed by atoms with van der Waals surface area (Å²) in [7, 11) is 0. The molecule has 0 aliphatic heterocycles. The van der Waals surface area contributed by atoms with E-state index in [0.717, 1.165) is 0 Å². The third kappa shape index (κ3) is 4.02. The second kappa shape index (κ2) is 7.68. The van der Waals surface area contributed by atoms with E-state index in [1.54, 1.807) is 24.5 Å². The third-order valence-electron chi connectivity index (χ3n) is 4.55. The van der Waals surface area contributed by atoms with Gasteiger partial charge in [-0.05, 0) is 37.0 Å². The average molecular weight is 392 g/mol. The van der Waals surface area contributed by atoms with Crippen LogP contribution in [0.25, 0.3) is 11.2 Å². The number of hydrogen-bond acceptors (Lipinski definition) is 5. The Balaban J connectivity index is 1.57. The van der Waals surface area contributed by atoms with Gasteiger partial charge in [-0.1, -0.05) is 42.5 Å². The van der Waals surface area contributed by atoms with Gasteiger partial charge in [0.25, 0.3) is 0 Å². The standard InChI is InChI=1S/C18H19Cl2N5O/c19-12-6-13(20)8-14(7-12)23-18-24-16-15(21-10-22-16)17(25-18)26-9-11-4-2-1-3-5-11/h6-8,10-11H,1-5,9H2,(H2,21,22,23,24,25). The Hall–Kier alpha value is -2.05. The zero-order chi connectivity index (χ0) is 17.9. The number of anilines is 2. The van der Waals surface area contributed by atoms with E-state index < -0.39 is 0 Å². The number of aromatic nitrogens is 4. The summed E-state index contributed by atoms with van der Waals surface area (Å²) < 4.78 is 6.03. The van der Waals surface area contributed by atoms with Crippen molar-refractivity contribution in [3.8, 4) is 5.88 Å². The molecule has 1 aromatic carbocycles. The summed E-state index contributed by atoms with van der Waals surface area (Å²) in [5.74, 6) is 1.48. The third-order valence-corrected chi connectivity index (χ3v) is 4.99. The Kier molecular flexibility index (Phi) is 5.13. The van der Waals surface area contributed by atoms with Gasteiger partial charge in [0.15, 0.2) is 5.65 Å². The molecule has 0 amide bonds. The summed E-state index contributed by atoms with van der Waals surface area (Å²) in [6, 6.07) is 5.19. The number of H-pyrrole nitrogens is 1. The molecule has 0 unspecified atom stereocenters. The lowest BCUT2D eigenvalue weighted by Crippen LogP contribution is -2.16. The van der Waals surface area contributed by atoms with Crippen molar-refractivity contribution in [2.75, 3.05) is 11.9 Å². The van der Waals surface area contributed by atoms with Crippen molar-refractivity contribution in [1.82, 2.24) is 19.9 Å². The fourth-order valence-electron chi connectivity index (χ4n) is 3.27. The molecule has 8 heteroatoms. The topological polar surface area (TPSA) is 75.7 Å². The second-order valence-electron chi connectivity index (χ2n) is 6.55. The van der Waals surface area contributed by atoms with E-state index in [-0.39, 0.29) is 0 Å². The molecule has 1 aliphatic rings. The minimum absolute atomic E-state index is 0.390. The Bertz CT molecular complexity index is 887. The van der Waals surface area contributed by atoms with Gasteiger partial charge in [0, 0.05) is 15.7 Å². The van der Waals surface area contributed by atoms with Crippen molar-refractivity contribution in [3.05, 3.63) is 34.6 Å². The predicted molar refractivity (Wildman–Crippen MR) is 103 cm³/mol. The first kappa shape index (κ1) is 17.4. The van der Waals surface area contributed by atoms with Crippen molar-refractivity contribution in [2.24, 2.45) is 5.92 Å². The van der Waals surface area contributed by atoms with Crippen LogP contribution < -0.4 is 10.1 Å². The number of rotatable bonds is 5. The number of halogens is 2. The number of hydrogen-bond donors (Lipinski definition) is 2. The Morgan fingerprint density at radius 3 is 2.62 bits per heavy atom. The summed E-state index contributed by atoms with van der Waals surface area (Å²) >= 11 is 12.1. The first-order valence-corrected chi connectivity index (χ1v) is 9.50. The molecular formula is C18H19Cl2N5O. The number of fused-ring (bicyclic) bond motifs is 1. The smallest absolute Gasteiger partial charge is 0.245 e. The van der Waals surface area contributed by atoms with Crippen LogP contribution in [0.15, 0.2) is 24.5 Å². The van der Waals surface area contributed by atoms with E-state index in [0.29, 0.717) is 51.2 Å². The highest BCUT2D eigenvalue weighted by Gasteiger charge is 2.17. The molecule has 0 spiro atoms. The molecule has 3 aromatic rings. The van der Waals surface area contributed by atoms with Crippen LogP contribution in [0, 0.1) is 5.92 Å². The van der Waals surface area contributed by atoms with Gasteiger partial charge in [0.05, 0.1) is 12.9 Å². The summed E-state index contributed by atoms with van der Waals surface area (Å²) in [5.41, 5.74) is 1.96. The summed E-state index contributed by atoms with van der Waals surface area (Å²) in [4.78, 5) is 16.2. The molecular weight excluding hydrogens is 373 g/mol. The van der Waals surface area contributed by atoms with Crippen molar-refractivity contribution in [2.45, 2.75) is 32.1 Å². The fourth-order valence-corrected chi connectivity index (χ4v) is 3.80. The molecule has 2 N–H and O–H groups in total. The van der Waals surface area contributed by atoms with Gasteiger partial charge in [0.1, 0.15) is 5.52 Å². The van der Waals surface area contributed by atoms with Crippen molar-refractivity contribution < 1.29 is 4.74 Å². The number of benzene rings is 1. The van der Waals surface area contributed by atoms with Gasteiger partial charge >= 0.3 is 0 Å². The van der Waals surface area contributed by atoms with E-state index in [2.05, 4.69) is 25.3 Å². The van der Waals surface area contributed by atoms with Crippen LogP contribution >= 0.6 is 23.2 Å². The predicted octanol–water partition coefficient (Wildman–Crippen LogP) is 5.36. The van der Waals surface area contributed by atoms with Gasteiger partial charge in [-0.2, -0.15) is 9.97 Å². The fraction of sp³-hybridized carbons (Fsp3) is 0.389. The van der Waals surface area contributed by atoms with Crippen molar-refractivity contribution in [3.63, 3.8) is 0 Å². The average Bonchev–Trinajstić information content (AvgIpc) is 3.08. The van der Waals surface area contributed by atoms with E-state index in [4.69, 9.17) is 27.9 Å². The zero-order valence-electron chi connectivity index (χ0n) is 14.1. The molecule has 0 bridgehead atoms. The summed E-state index contributed by atoms with van der Waals surface area (Å²) in [6.07, 6.45) is 7.89. The van der Waals surface area contributed by atoms with Crippen LogP contribution in [0.1, 0.15) is 32.1 Å². The van der Waals surface area contributed by atoms with Crippen LogP contribution in [0.4, 0.5) is 11.6 Å². The maximum atomic E-state index is 6.05. The largest absolute Gasteiger partial charge is 0.476 e. The first-order chi connectivity index (χ1) is 12.7. The van der Waals surface area contributed by atoms with Gasteiger partial charge in [-0.3, -0.25) is 0 Å². The summed E-state index contributed by atoms with van der Waals surface area (Å²) in [5, 5.41) is 4.19. The first-order valence-electron chi connectivity index (χ1n) is 8.74. The number of nitrogens with one attached hydrogen (secondary N) is 2. The van der Waals surface area contributed by atoms with E-state index in [1.807, 2.05) is 0 Å². The van der Waals surface area contributed by atoms with Gasteiger partial charge in [-0.25, -0.2) is 4.98 Å². The van der Waals surface area contributed by atoms with Crippen LogP contribution in [0.5, 0.6) is 5.88 Å². The van der Waals surface area contributed by atoms with Crippen LogP contribution in [0.3, 0.4) is 0 Å². The quantitative estimate of drug-likeness (QED) is 0.611. The molecule has 0 saturated heterocycles. The number of nitrogens with zero attached hydrogens (tertiary/aromatic N) is 3. The molecule has 0 radical (unpaired) electrons. The minimum Gasteiger partial charge on any atom is -0.476 e. The molecule has 2 heterocycles. The Morgan fingerprint density at radius 1 is 1.08 bits per heavy atom. The Morgan fingerprint density at radius 2 is 1.85 bits per heavy atom. The second-order valence-corrected chi connectivity index (χ2v) is 7.42. The maximum Gasteiger partial charge on any atom is 0.245 e. The highest BCUT2D eigenvalue weighted by atomic mass is 35.5. The number of imidazole rings is 1. The molecule has 2 aromatic heterocycles. The minimum atomic E-state index is 0.390. The van der Waals surface area contributed by atoms with E-state index >= 15 is 0 Å². The SMILES string of the molecule is Clc1cc(Cl)cc(Nc2nc(OCC3CCCCC3)c3[nH]cnc3n2)c1. The molecule has 1 fully saturated rings.